The molecular weight excluding hydrogens is 514 g/mol. The fourth-order valence-corrected chi connectivity index (χ4v) is 4.76. The molecule has 0 radical (unpaired) electrons. The van der Waals surface area contributed by atoms with Gasteiger partial charge in [-0.25, -0.2) is 4.79 Å². The maximum Gasteiger partial charge on any atom is 0.317 e. The number of amides is 4. The molecule has 204 valence electrons. The summed E-state index contributed by atoms with van der Waals surface area (Å²) in [6.07, 6.45) is 1.50. The van der Waals surface area contributed by atoms with E-state index in [-0.39, 0.29) is 17.8 Å². The van der Waals surface area contributed by atoms with E-state index in [9.17, 15) is 14.4 Å². The number of hydrogen-bond donors (Lipinski definition) is 3. The van der Waals surface area contributed by atoms with Crippen LogP contribution in [0.3, 0.4) is 0 Å². The number of nitrogens with one attached hydrogen (secondary N) is 3. The minimum Gasteiger partial charge on any atom is -0.368 e. The van der Waals surface area contributed by atoms with Crippen LogP contribution in [0.15, 0.2) is 72.8 Å². The topological polar surface area (TPSA) is 93.8 Å². The Labute approximate surface area is 234 Å². The first-order valence-corrected chi connectivity index (χ1v) is 13.6. The summed E-state index contributed by atoms with van der Waals surface area (Å²) in [6, 6.07) is 22.0. The van der Waals surface area contributed by atoms with Gasteiger partial charge in [0, 0.05) is 55.4 Å². The molecule has 3 N–H and O–H groups in total. The van der Waals surface area contributed by atoms with Crippen molar-refractivity contribution in [3.05, 3.63) is 94.5 Å². The van der Waals surface area contributed by atoms with Gasteiger partial charge in [-0.3, -0.25) is 9.59 Å². The third-order valence-electron chi connectivity index (χ3n) is 6.59. The summed E-state index contributed by atoms with van der Waals surface area (Å²) in [6.45, 7) is 5.47. The van der Waals surface area contributed by atoms with Gasteiger partial charge < -0.3 is 25.8 Å². The van der Waals surface area contributed by atoms with Gasteiger partial charge in [0.15, 0.2) is 0 Å². The molecule has 0 bridgehead atoms. The van der Waals surface area contributed by atoms with E-state index in [0.29, 0.717) is 61.1 Å². The van der Waals surface area contributed by atoms with Crippen LogP contribution in [0, 0.1) is 0 Å². The lowest BCUT2D eigenvalue weighted by molar-refractivity contribution is 0.0952. The van der Waals surface area contributed by atoms with Crippen LogP contribution in [-0.2, 0) is 6.42 Å². The summed E-state index contributed by atoms with van der Waals surface area (Å²) >= 11 is 6.11. The second-order valence-electron chi connectivity index (χ2n) is 9.35. The Hall–Kier alpha value is -4.04. The summed E-state index contributed by atoms with van der Waals surface area (Å²) in [7, 11) is 0. The number of halogens is 1. The molecule has 0 unspecified atom stereocenters. The molecule has 1 aliphatic heterocycles. The number of anilines is 2. The molecule has 4 rings (SSSR count). The van der Waals surface area contributed by atoms with Gasteiger partial charge in [-0.15, -0.1) is 0 Å². The zero-order chi connectivity index (χ0) is 27.6. The second-order valence-corrected chi connectivity index (χ2v) is 9.79. The van der Waals surface area contributed by atoms with E-state index in [1.807, 2.05) is 48.2 Å². The average Bonchev–Trinajstić information content (AvgIpc) is 3.20. The highest BCUT2D eigenvalue weighted by Gasteiger charge is 2.22. The van der Waals surface area contributed by atoms with E-state index in [4.69, 9.17) is 11.6 Å². The van der Waals surface area contributed by atoms with Crippen LogP contribution in [0.1, 0.15) is 39.6 Å². The zero-order valence-corrected chi connectivity index (χ0v) is 22.8. The van der Waals surface area contributed by atoms with Gasteiger partial charge in [0.25, 0.3) is 11.8 Å². The van der Waals surface area contributed by atoms with Crippen molar-refractivity contribution in [1.82, 2.24) is 15.5 Å². The Bertz CT molecular complexity index is 1300. The average molecular weight is 548 g/mol. The highest BCUT2D eigenvalue weighted by Crippen LogP contribution is 2.29. The van der Waals surface area contributed by atoms with Crippen molar-refractivity contribution in [2.75, 3.05) is 49.5 Å². The highest BCUT2D eigenvalue weighted by molar-refractivity contribution is 6.31. The Kier molecular flexibility index (Phi) is 9.80. The fourth-order valence-electron chi connectivity index (χ4n) is 4.57. The lowest BCUT2D eigenvalue weighted by Crippen LogP contribution is -2.42. The number of nitrogens with zero attached hydrogens (tertiary/aromatic N) is 2. The molecule has 9 heteroatoms. The predicted molar refractivity (Wildman–Crippen MR) is 156 cm³/mol. The maximum atomic E-state index is 13.1. The quantitative estimate of drug-likeness (QED) is 0.377. The standard InChI is InChI=1S/C30H34ClN5O3/c1-2-32-30(39)36-17-7-16-35(18-19-36)27-13-12-24(28(37)33-15-14-22-8-4-3-5-9-22)21-26(27)34-29(38)23-10-6-11-25(31)20-23/h3-6,8-13,20-21H,2,7,14-19H2,1H3,(H,32,39)(H,33,37)(H,34,38). The molecule has 0 aliphatic carbocycles. The number of hydrogen-bond acceptors (Lipinski definition) is 4. The summed E-state index contributed by atoms with van der Waals surface area (Å²) in [5.74, 6) is -0.534. The molecule has 0 aromatic heterocycles. The maximum absolute atomic E-state index is 13.1. The largest absolute Gasteiger partial charge is 0.368 e. The van der Waals surface area contributed by atoms with Crippen molar-refractivity contribution in [3.8, 4) is 0 Å². The lowest BCUT2D eigenvalue weighted by Gasteiger charge is -2.26. The van der Waals surface area contributed by atoms with E-state index in [0.717, 1.165) is 24.1 Å². The van der Waals surface area contributed by atoms with Crippen LogP contribution in [0.2, 0.25) is 5.02 Å². The summed E-state index contributed by atoms with van der Waals surface area (Å²) in [5.41, 5.74) is 3.34. The number of carbonyl (C=O) groups excluding carboxylic acids is 3. The number of benzene rings is 3. The van der Waals surface area contributed by atoms with Gasteiger partial charge in [0.1, 0.15) is 0 Å². The first-order valence-electron chi connectivity index (χ1n) is 13.3. The van der Waals surface area contributed by atoms with Crippen molar-refractivity contribution in [2.24, 2.45) is 0 Å². The number of rotatable bonds is 8. The Morgan fingerprint density at radius 3 is 2.38 bits per heavy atom. The second kappa shape index (κ2) is 13.7. The molecule has 0 atom stereocenters. The number of carbonyl (C=O) groups is 3. The lowest BCUT2D eigenvalue weighted by atomic mass is 10.1. The third-order valence-corrected chi connectivity index (χ3v) is 6.82. The predicted octanol–water partition coefficient (Wildman–Crippen LogP) is 4.81. The van der Waals surface area contributed by atoms with Crippen molar-refractivity contribution in [2.45, 2.75) is 19.8 Å². The molecule has 1 aliphatic rings. The Morgan fingerprint density at radius 2 is 1.62 bits per heavy atom. The molecule has 1 saturated heterocycles. The molecule has 8 nitrogen and oxygen atoms in total. The molecule has 4 amide bonds. The normalized spacial score (nSPS) is 13.4. The molecule has 3 aromatic rings. The molecule has 39 heavy (non-hydrogen) atoms. The van der Waals surface area contributed by atoms with E-state index in [1.165, 1.54) is 0 Å². The Balaban J connectivity index is 1.53. The van der Waals surface area contributed by atoms with Gasteiger partial charge in [-0.1, -0.05) is 48.0 Å². The van der Waals surface area contributed by atoms with Crippen LogP contribution >= 0.6 is 11.6 Å². The van der Waals surface area contributed by atoms with Crippen LogP contribution in [0.25, 0.3) is 0 Å². The van der Waals surface area contributed by atoms with Crippen molar-refractivity contribution < 1.29 is 14.4 Å². The van der Waals surface area contributed by atoms with E-state index >= 15 is 0 Å². The van der Waals surface area contributed by atoms with E-state index in [1.54, 1.807) is 36.4 Å². The van der Waals surface area contributed by atoms with Crippen molar-refractivity contribution in [3.63, 3.8) is 0 Å². The van der Waals surface area contributed by atoms with Crippen LogP contribution in [-0.4, -0.2) is 62.0 Å². The van der Waals surface area contributed by atoms with Gasteiger partial charge in [0.2, 0.25) is 0 Å². The summed E-state index contributed by atoms with van der Waals surface area (Å²) in [5, 5.41) is 9.29. The van der Waals surface area contributed by atoms with Gasteiger partial charge >= 0.3 is 6.03 Å². The number of urea groups is 1. The molecule has 0 spiro atoms. The van der Waals surface area contributed by atoms with Crippen LogP contribution < -0.4 is 20.9 Å². The molecule has 1 fully saturated rings. The van der Waals surface area contributed by atoms with Gasteiger partial charge in [-0.2, -0.15) is 0 Å². The van der Waals surface area contributed by atoms with Gasteiger partial charge in [-0.05, 0) is 61.7 Å². The smallest absolute Gasteiger partial charge is 0.317 e. The minimum atomic E-state index is -0.320. The first kappa shape index (κ1) is 28.0. The van der Waals surface area contributed by atoms with E-state index < -0.39 is 0 Å². The van der Waals surface area contributed by atoms with Crippen molar-refractivity contribution in [1.29, 1.82) is 0 Å². The monoisotopic (exact) mass is 547 g/mol. The SMILES string of the molecule is CCNC(=O)N1CCCN(c2ccc(C(=O)NCCc3ccccc3)cc2NC(=O)c2cccc(Cl)c2)CC1. The third kappa shape index (κ3) is 7.74. The molecule has 0 saturated carbocycles. The highest BCUT2D eigenvalue weighted by atomic mass is 35.5. The Morgan fingerprint density at radius 1 is 0.821 bits per heavy atom. The van der Waals surface area contributed by atoms with E-state index in [2.05, 4.69) is 20.9 Å². The summed E-state index contributed by atoms with van der Waals surface area (Å²) < 4.78 is 0. The van der Waals surface area contributed by atoms with Crippen molar-refractivity contribution >= 4 is 40.8 Å². The van der Waals surface area contributed by atoms with Crippen LogP contribution in [0.5, 0.6) is 0 Å². The van der Waals surface area contributed by atoms with Crippen LogP contribution in [0.4, 0.5) is 16.2 Å². The molecular formula is C30H34ClN5O3. The zero-order valence-electron chi connectivity index (χ0n) is 22.1. The molecule has 1 heterocycles. The minimum absolute atomic E-state index is 0.0728. The van der Waals surface area contributed by atoms with Gasteiger partial charge in [0.05, 0.1) is 11.4 Å². The summed E-state index contributed by atoms with van der Waals surface area (Å²) in [4.78, 5) is 42.5. The first-order chi connectivity index (χ1) is 18.9. The molecule has 3 aromatic carbocycles. The fraction of sp³-hybridized carbons (Fsp3) is 0.300.